The number of nitrogens with zero attached hydrogens (tertiary/aromatic N) is 1. The summed E-state index contributed by atoms with van der Waals surface area (Å²) in [5.74, 6) is 0.441. The Balaban J connectivity index is 1.75. The highest BCUT2D eigenvalue weighted by Gasteiger charge is 2.17. The number of nitriles is 1. The van der Waals surface area contributed by atoms with Gasteiger partial charge < -0.3 is 20.1 Å². The quantitative estimate of drug-likeness (QED) is 0.429. The fraction of sp³-hybridized carbons (Fsp3) is 0.444. The van der Waals surface area contributed by atoms with Crippen LogP contribution in [-0.4, -0.2) is 38.8 Å². The normalized spacial score (nSPS) is 17.2. The number of rotatable bonds is 8. The van der Waals surface area contributed by atoms with E-state index in [-0.39, 0.29) is 17.6 Å². The molecule has 1 aromatic carbocycles. The Labute approximate surface area is 142 Å². The van der Waals surface area contributed by atoms with Crippen molar-refractivity contribution in [1.82, 2.24) is 10.6 Å². The molecule has 6 heteroatoms. The average molecular weight is 329 g/mol. The molecule has 128 valence electrons. The van der Waals surface area contributed by atoms with Crippen molar-refractivity contribution in [2.45, 2.75) is 25.4 Å². The first kappa shape index (κ1) is 17.8. The van der Waals surface area contributed by atoms with Gasteiger partial charge in [0.15, 0.2) is 0 Å². The Kier molecular flexibility index (Phi) is 7.12. The van der Waals surface area contributed by atoms with Crippen LogP contribution in [0.1, 0.15) is 18.4 Å². The van der Waals surface area contributed by atoms with E-state index in [0.29, 0.717) is 13.1 Å². The molecule has 1 atom stereocenters. The zero-order valence-electron chi connectivity index (χ0n) is 13.9. The summed E-state index contributed by atoms with van der Waals surface area (Å²) >= 11 is 0. The van der Waals surface area contributed by atoms with Crippen molar-refractivity contribution in [2.24, 2.45) is 0 Å². The average Bonchev–Trinajstić information content (AvgIpc) is 3.13. The third-order valence-electron chi connectivity index (χ3n) is 3.82. The minimum atomic E-state index is -0.373. The summed E-state index contributed by atoms with van der Waals surface area (Å²) < 4.78 is 10.6. The van der Waals surface area contributed by atoms with Crippen molar-refractivity contribution in [3.63, 3.8) is 0 Å². The molecule has 1 aliphatic rings. The fourth-order valence-electron chi connectivity index (χ4n) is 2.47. The van der Waals surface area contributed by atoms with E-state index in [1.54, 1.807) is 7.11 Å². The molecule has 1 saturated heterocycles. The van der Waals surface area contributed by atoms with Crippen molar-refractivity contribution < 1.29 is 14.3 Å². The van der Waals surface area contributed by atoms with E-state index in [2.05, 4.69) is 10.6 Å². The van der Waals surface area contributed by atoms with Crippen LogP contribution >= 0.6 is 0 Å². The van der Waals surface area contributed by atoms with Crippen LogP contribution in [0.4, 0.5) is 0 Å². The van der Waals surface area contributed by atoms with Gasteiger partial charge in [0.25, 0.3) is 5.91 Å². The first-order valence-corrected chi connectivity index (χ1v) is 8.09. The molecular formula is C18H23N3O3. The van der Waals surface area contributed by atoms with Gasteiger partial charge in [-0.1, -0.05) is 12.1 Å². The van der Waals surface area contributed by atoms with Gasteiger partial charge >= 0.3 is 0 Å². The molecule has 0 saturated carbocycles. The smallest absolute Gasteiger partial charge is 0.263 e. The summed E-state index contributed by atoms with van der Waals surface area (Å²) in [6, 6.07) is 9.72. The van der Waals surface area contributed by atoms with Crippen molar-refractivity contribution >= 4 is 5.91 Å². The van der Waals surface area contributed by atoms with Crippen LogP contribution in [0.2, 0.25) is 0 Å². The molecule has 2 N–H and O–H groups in total. The predicted molar refractivity (Wildman–Crippen MR) is 90.4 cm³/mol. The first-order valence-electron chi connectivity index (χ1n) is 8.09. The van der Waals surface area contributed by atoms with E-state index in [4.69, 9.17) is 14.7 Å². The lowest BCUT2D eigenvalue weighted by Gasteiger charge is -2.10. The largest absolute Gasteiger partial charge is 0.497 e. The molecule has 0 aromatic heterocycles. The molecular weight excluding hydrogens is 306 g/mol. The highest BCUT2D eigenvalue weighted by Crippen LogP contribution is 2.12. The Bertz CT molecular complexity index is 616. The molecule has 1 fully saturated rings. The van der Waals surface area contributed by atoms with Crippen LogP contribution in [0.25, 0.3) is 0 Å². The van der Waals surface area contributed by atoms with Gasteiger partial charge in [0.05, 0.1) is 13.2 Å². The van der Waals surface area contributed by atoms with Gasteiger partial charge in [-0.05, 0) is 37.0 Å². The van der Waals surface area contributed by atoms with E-state index in [1.807, 2.05) is 30.3 Å². The summed E-state index contributed by atoms with van der Waals surface area (Å²) in [7, 11) is 1.63. The Hall–Kier alpha value is -2.52. The summed E-state index contributed by atoms with van der Waals surface area (Å²) in [4.78, 5) is 12.0. The standard InChI is InChI=1S/C18H23N3O3/c1-23-16-5-2-4-14(10-16)7-8-20-12-15(11-19)18(22)21-13-17-6-3-9-24-17/h2,4-5,10,12,17,20H,3,6-9,13H2,1H3,(H,21,22)/b15-12-. The Morgan fingerprint density at radius 1 is 1.54 bits per heavy atom. The van der Waals surface area contributed by atoms with Crippen molar-refractivity contribution in [3.8, 4) is 11.8 Å². The van der Waals surface area contributed by atoms with E-state index in [9.17, 15) is 4.79 Å². The number of nitrogens with one attached hydrogen (secondary N) is 2. The number of benzene rings is 1. The fourth-order valence-corrected chi connectivity index (χ4v) is 2.47. The van der Waals surface area contributed by atoms with Crippen molar-refractivity contribution in [1.29, 1.82) is 5.26 Å². The summed E-state index contributed by atoms with van der Waals surface area (Å²) in [6.45, 7) is 1.81. The van der Waals surface area contributed by atoms with Gasteiger partial charge in [-0.15, -0.1) is 0 Å². The molecule has 6 nitrogen and oxygen atoms in total. The molecule has 1 heterocycles. The maximum absolute atomic E-state index is 12.0. The van der Waals surface area contributed by atoms with Gasteiger partial charge in [0.1, 0.15) is 17.4 Å². The second-order valence-electron chi connectivity index (χ2n) is 5.57. The third kappa shape index (κ3) is 5.60. The monoisotopic (exact) mass is 329 g/mol. The summed E-state index contributed by atoms with van der Waals surface area (Å²) in [5.41, 5.74) is 1.19. The lowest BCUT2D eigenvalue weighted by molar-refractivity contribution is -0.117. The molecule has 0 bridgehead atoms. The molecule has 0 radical (unpaired) electrons. The summed E-state index contributed by atoms with van der Waals surface area (Å²) in [6.07, 6.45) is 4.27. The van der Waals surface area contributed by atoms with E-state index >= 15 is 0 Å². The molecule has 0 spiro atoms. The maximum Gasteiger partial charge on any atom is 0.263 e. The van der Waals surface area contributed by atoms with Gasteiger partial charge in [0.2, 0.25) is 0 Å². The van der Waals surface area contributed by atoms with Gasteiger partial charge in [0, 0.05) is 25.9 Å². The number of carbonyl (C=O) groups excluding carboxylic acids is 1. The minimum absolute atomic E-state index is 0.0647. The third-order valence-corrected chi connectivity index (χ3v) is 3.82. The number of hydrogen-bond acceptors (Lipinski definition) is 5. The van der Waals surface area contributed by atoms with E-state index < -0.39 is 0 Å². The van der Waals surface area contributed by atoms with Gasteiger partial charge in [-0.2, -0.15) is 5.26 Å². The second kappa shape index (κ2) is 9.58. The van der Waals surface area contributed by atoms with Crippen LogP contribution < -0.4 is 15.4 Å². The molecule has 1 unspecified atom stereocenters. The minimum Gasteiger partial charge on any atom is -0.497 e. The van der Waals surface area contributed by atoms with Crippen LogP contribution in [0.5, 0.6) is 5.75 Å². The zero-order chi connectivity index (χ0) is 17.2. The molecule has 24 heavy (non-hydrogen) atoms. The number of ether oxygens (including phenoxy) is 2. The van der Waals surface area contributed by atoms with Crippen LogP contribution in [0.15, 0.2) is 36.0 Å². The van der Waals surface area contributed by atoms with Crippen molar-refractivity contribution in [2.75, 3.05) is 26.8 Å². The second-order valence-corrected chi connectivity index (χ2v) is 5.57. The van der Waals surface area contributed by atoms with E-state index in [0.717, 1.165) is 37.2 Å². The van der Waals surface area contributed by atoms with Gasteiger partial charge in [-0.25, -0.2) is 0 Å². The van der Waals surface area contributed by atoms with Crippen molar-refractivity contribution in [3.05, 3.63) is 41.6 Å². The zero-order valence-corrected chi connectivity index (χ0v) is 13.9. The molecule has 2 rings (SSSR count). The number of methoxy groups -OCH3 is 1. The maximum atomic E-state index is 12.0. The van der Waals surface area contributed by atoms with Crippen LogP contribution in [0, 0.1) is 11.3 Å². The highest BCUT2D eigenvalue weighted by molar-refractivity contribution is 5.97. The van der Waals surface area contributed by atoms with Gasteiger partial charge in [-0.3, -0.25) is 4.79 Å². The van der Waals surface area contributed by atoms with Crippen LogP contribution in [0.3, 0.4) is 0 Å². The summed E-state index contributed by atoms with van der Waals surface area (Å²) in [5, 5.41) is 14.9. The predicted octanol–water partition coefficient (Wildman–Crippen LogP) is 1.53. The molecule has 1 aromatic rings. The molecule has 0 aliphatic carbocycles. The lowest BCUT2D eigenvalue weighted by Crippen LogP contribution is -2.33. The SMILES string of the molecule is COc1cccc(CCN/C=C(/C#N)C(=O)NCC2CCCO2)c1. The molecule has 1 amide bonds. The number of carbonyl (C=O) groups is 1. The first-order chi connectivity index (χ1) is 11.7. The number of hydrogen-bond donors (Lipinski definition) is 2. The Morgan fingerprint density at radius 2 is 2.42 bits per heavy atom. The topological polar surface area (TPSA) is 83.4 Å². The molecule has 1 aliphatic heterocycles. The Morgan fingerprint density at radius 3 is 3.12 bits per heavy atom. The number of amides is 1. The highest BCUT2D eigenvalue weighted by atomic mass is 16.5. The van der Waals surface area contributed by atoms with Crippen LogP contribution in [-0.2, 0) is 16.0 Å². The lowest BCUT2D eigenvalue weighted by atomic mass is 10.1. The van der Waals surface area contributed by atoms with E-state index in [1.165, 1.54) is 6.20 Å².